The first-order chi connectivity index (χ1) is 14.8. The molecule has 4 rings (SSSR count). The molecule has 0 bridgehead atoms. The van der Waals surface area contributed by atoms with Crippen molar-refractivity contribution in [2.75, 3.05) is 6.61 Å². The van der Waals surface area contributed by atoms with Gasteiger partial charge in [0.15, 0.2) is 11.6 Å². The number of rotatable bonds is 4. The van der Waals surface area contributed by atoms with Gasteiger partial charge in [-0.3, -0.25) is 19.2 Å². The number of hydrogen-bond acceptors (Lipinski definition) is 7. The topological polar surface area (TPSA) is 96.0 Å². The van der Waals surface area contributed by atoms with Crippen molar-refractivity contribution < 1.29 is 33.4 Å². The van der Waals surface area contributed by atoms with E-state index in [1.54, 1.807) is 54.6 Å². The Balaban J connectivity index is 1.64. The van der Waals surface area contributed by atoms with Gasteiger partial charge in [0.25, 0.3) is 0 Å². The van der Waals surface area contributed by atoms with Gasteiger partial charge in [-0.1, -0.05) is 36.4 Å². The number of carbonyl (C=O) groups is 4. The normalized spacial score (nSPS) is 21.8. The molecule has 158 valence electrons. The van der Waals surface area contributed by atoms with Crippen LogP contribution in [0.4, 0.5) is 0 Å². The van der Waals surface area contributed by atoms with E-state index in [0.29, 0.717) is 27.8 Å². The van der Waals surface area contributed by atoms with E-state index in [1.807, 2.05) is 0 Å². The maximum Gasteiger partial charge on any atom is 0.303 e. The highest BCUT2D eigenvalue weighted by molar-refractivity contribution is 6.28. The Morgan fingerprint density at radius 1 is 0.871 bits per heavy atom. The first kappa shape index (κ1) is 20.7. The zero-order valence-electron chi connectivity index (χ0n) is 17.0. The largest absolute Gasteiger partial charge is 0.463 e. The second-order valence-corrected chi connectivity index (χ2v) is 7.37. The summed E-state index contributed by atoms with van der Waals surface area (Å²) in [5, 5.41) is 0. The summed E-state index contributed by atoms with van der Waals surface area (Å²) in [5.41, 5.74) is 2.09. The lowest BCUT2D eigenvalue weighted by atomic mass is 9.83. The van der Waals surface area contributed by atoms with E-state index in [2.05, 4.69) is 0 Å². The van der Waals surface area contributed by atoms with Crippen LogP contribution in [0.15, 0.2) is 54.6 Å². The van der Waals surface area contributed by atoms with Crippen LogP contribution in [0, 0.1) is 0 Å². The minimum Gasteiger partial charge on any atom is -0.463 e. The van der Waals surface area contributed by atoms with Gasteiger partial charge in [0, 0.05) is 36.1 Å². The van der Waals surface area contributed by atoms with Crippen molar-refractivity contribution in [1.82, 2.24) is 0 Å². The lowest BCUT2D eigenvalue weighted by molar-refractivity contribution is -0.163. The third kappa shape index (κ3) is 4.04. The summed E-state index contributed by atoms with van der Waals surface area (Å²) in [6.45, 7) is 2.47. The molecule has 7 nitrogen and oxygen atoms in total. The van der Waals surface area contributed by atoms with Gasteiger partial charge in [0.1, 0.15) is 24.9 Å². The molecule has 1 heterocycles. The van der Waals surface area contributed by atoms with Crippen LogP contribution in [0.2, 0.25) is 0 Å². The molecule has 31 heavy (non-hydrogen) atoms. The summed E-state index contributed by atoms with van der Waals surface area (Å²) in [7, 11) is 0. The number of ether oxygens (including phenoxy) is 3. The van der Waals surface area contributed by atoms with Gasteiger partial charge in [0.2, 0.25) is 0 Å². The Morgan fingerprint density at radius 2 is 1.52 bits per heavy atom. The van der Waals surface area contributed by atoms with Crippen LogP contribution in [-0.4, -0.2) is 42.3 Å². The molecule has 2 aromatic rings. The molecular weight excluding hydrogens is 400 g/mol. The van der Waals surface area contributed by atoms with Gasteiger partial charge in [-0.25, -0.2) is 0 Å². The Morgan fingerprint density at radius 3 is 2.16 bits per heavy atom. The van der Waals surface area contributed by atoms with Gasteiger partial charge in [-0.05, 0) is 23.8 Å². The van der Waals surface area contributed by atoms with Gasteiger partial charge in [0.05, 0.1) is 0 Å². The number of benzene rings is 2. The number of ketones is 2. The molecular formula is C24H20O7. The van der Waals surface area contributed by atoms with E-state index in [1.165, 1.54) is 13.8 Å². The van der Waals surface area contributed by atoms with Crippen LogP contribution >= 0.6 is 0 Å². The van der Waals surface area contributed by atoms with E-state index in [-0.39, 0.29) is 18.2 Å². The lowest BCUT2D eigenvalue weighted by Gasteiger charge is -2.32. The number of esters is 2. The fourth-order valence-corrected chi connectivity index (χ4v) is 3.77. The van der Waals surface area contributed by atoms with Crippen molar-refractivity contribution in [3.63, 3.8) is 0 Å². The highest BCUT2D eigenvalue weighted by Crippen LogP contribution is 2.33. The van der Waals surface area contributed by atoms with Crippen molar-refractivity contribution in [1.29, 1.82) is 0 Å². The summed E-state index contributed by atoms with van der Waals surface area (Å²) in [6.07, 6.45) is 1.39. The van der Waals surface area contributed by atoms with E-state index in [0.717, 1.165) is 0 Å². The van der Waals surface area contributed by atoms with Crippen LogP contribution < -0.4 is 0 Å². The predicted molar refractivity (Wildman–Crippen MR) is 109 cm³/mol. The second kappa shape index (κ2) is 8.28. The molecule has 0 spiro atoms. The molecule has 0 fully saturated rings. The number of fused-ring (bicyclic) bond motifs is 2. The predicted octanol–water partition coefficient (Wildman–Crippen LogP) is 2.95. The fraction of sp³-hybridized carbons (Fsp3) is 0.250. The standard InChI is InChI=1S/C24H20O7/c1-13(25)29-12-22-21(30-14(2)26)10-9-20(31-22)15-7-8-18-19(11-15)24(28)17-6-4-3-5-16(17)23(18)27/h3-11,20-22H,12H2,1-2H3/t20-,21-,22+/m0/s1. The highest BCUT2D eigenvalue weighted by atomic mass is 16.6. The van der Waals surface area contributed by atoms with E-state index >= 15 is 0 Å². The third-order valence-electron chi connectivity index (χ3n) is 5.19. The van der Waals surface area contributed by atoms with Crippen molar-refractivity contribution >= 4 is 23.5 Å². The maximum atomic E-state index is 13.0. The van der Waals surface area contributed by atoms with Gasteiger partial charge >= 0.3 is 11.9 Å². The van der Waals surface area contributed by atoms with Crippen molar-refractivity contribution in [2.45, 2.75) is 32.2 Å². The minimum atomic E-state index is -0.711. The maximum absolute atomic E-state index is 13.0. The van der Waals surface area contributed by atoms with E-state index < -0.39 is 30.3 Å². The van der Waals surface area contributed by atoms with Gasteiger partial charge in [-0.15, -0.1) is 0 Å². The molecule has 0 radical (unpaired) electrons. The lowest BCUT2D eigenvalue weighted by Crippen LogP contribution is -2.39. The monoisotopic (exact) mass is 420 g/mol. The summed E-state index contributed by atoms with van der Waals surface area (Å²) in [5.74, 6) is -1.38. The molecule has 0 unspecified atom stereocenters. The van der Waals surface area contributed by atoms with Gasteiger partial charge in [-0.2, -0.15) is 0 Å². The van der Waals surface area contributed by atoms with Crippen molar-refractivity contribution in [2.24, 2.45) is 0 Å². The third-order valence-corrected chi connectivity index (χ3v) is 5.19. The van der Waals surface area contributed by atoms with Crippen molar-refractivity contribution in [3.05, 3.63) is 82.4 Å². The van der Waals surface area contributed by atoms with Crippen LogP contribution in [-0.2, 0) is 23.8 Å². The smallest absolute Gasteiger partial charge is 0.303 e. The molecule has 0 N–H and O–H groups in total. The fourth-order valence-electron chi connectivity index (χ4n) is 3.77. The molecule has 7 heteroatoms. The molecule has 0 saturated carbocycles. The molecule has 0 aromatic heterocycles. The highest BCUT2D eigenvalue weighted by Gasteiger charge is 2.33. The molecule has 0 amide bonds. The second-order valence-electron chi connectivity index (χ2n) is 7.37. The molecule has 1 aliphatic heterocycles. The Bertz CT molecular complexity index is 1110. The van der Waals surface area contributed by atoms with Crippen LogP contribution in [0.25, 0.3) is 0 Å². The average Bonchev–Trinajstić information content (AvgIpc) is 2.76. The molecule has 0 saturated heterocycles. The Labute approximate surface area is 178 Å². The zero-order valence-corrected chi connectivity index (χ0v) is 17.0. The quantitative estimate of drug-likeness (QED) is 0.473. The molecule has 3 atom stereocenters. The minimum absolute atomic E-state index is 0.0934. The first-order valence-electron chi connectivity index (χ1n) is 9.82. The first-order valence-corrected chi connectivity index (χ1v) is 9.82. The Kier molecular flexibility index (Phi) is 5.52. The van der Waals surface area contributed by atoms with E-state index in [4.69, 9.17) is 14.2 Å². The zero-order chi connectivity index (χ0) is 22.1. The molecule has 2 aliphatic rings. The summed E-state index contributed by atoms with van der Waals surface area (Å²) < 4.78 is 16.3. The molecule has 2 aromatic carbocycles. The SMILES string of the molecule is CC(=O)OC[C@H]1O[C@H](c2ccc3c(c2)C(=O)c2ccccc2C3=O)C=C[C@@H]1OC(C)=O. The number of carbonyl (C=O) groups excluding carboxylic acids is 4. The number of hydrogen-bond donors (Lipinski definition) is 0. The summed E-state index contributed by atoms with van der Waals surface area (Å²) in [4.78, 5) is 48.4. The van der Waals surface area contributed by atoms with Crippen LogP contribution in [0.1, 0.15) is 57.4 Å². The summed E-state index contributed by atoms with van der Waals surface area (Å²) >= 11 is 0. The van der Waals surface area contributed by atoms with E-state index in [9.17, 15) is 19.2 Å². The van der Waals surface area contributed by atoms with Crippen LogP contribution in [0.3, 0.4) is 0 Å². The van der Waals surface area contributed by atoms with Crippen molar-refractivity contribution in [3.8, 4) is 0 Å². The van der Waals surface area contributed by atoms with Crippen LogP contribution in [0.5, 0.6) is 0 Å². The Hall–Kier alpha value is -3.58. The molecule has 1 aliphatic carbocycles. The average molecular weight is 420 g/mol. The summed E-state index contributed by atoms with van der Waals surface area (Å²) in [6, 6.07) is 11.7. The van der Waals surface area contributed by atoms with Gasteiger partial charge < -0.3 is 14.2 Å².